The van der Waals surface area contributed by atoms with Crippen LogP contribution in [0.3, 0.4) is 0 Å². The number of rotatable bonds is 3. The van der Waals surface area contributed by atoms with Crippen LogP contribution in [-0.2, 0) is 0 Å². The van der Waals surface area contributed by atoms with Crippen molar-refractivity contribution in [3.63, 3.8) is 0 Å². The van der Waals surface area contributed by atoms with Crippen LogP contribution in [0.2, 0.25) is 0 Å². The summed E-state index contributed by atoms with van der Waals surface area (Å²) in [4.78, 5) is 8.02. The molecule has 0 amide bonds. The minimum atomic E-state index is -0.529. The maximum atomic E-state index is 13.6. The van der Waals surface area contributed by atoms with Crippen molar-refractivity contribution >= 4 is 21.6 Å². The molecule has 1 aromatic carbocycles. The lowest BCUT2D eigenvalue weighted by molar-refractivity contribution is 0.594. The molecule has 0 aliphatic carbocycles. The van der Waals surface area contributed by atoms with E-state index in [9.17, 15) is 8.78 Å². The molecule has 0 spiro atoms. The molecule has 1 N–H and O–H groups in total. The summed E-state index contributed by atoms with van der Waals surface area (Å²) in [5.41, 5.74) is 0.745. The summed E-state index contributed by atoms with van der Waals surface area (Å²) in [6.45, 7) is 1.80. The third-order valence-electron chi connectivity index (χ3n) is 2.41. The first-order valence-electron chi connectivity index (χ1n) is 5.25. The van der Waals surface area contributed by atoms with E-state index in [-0.39, 0.29) is 16.2 Å². The summed E-state index contributed by atoms with van der Waals surface area (Å²) in [7, 11) is 0. The maximum absolute atomic E-state index is 13.6. The SMILES string of the molecule is CC(Nc1cc(F)c(Br)cc1F)c1cnccn1. The van der Waals surface area contributed by atoms with Crippen molar-refractivity contribution in [2.75, 3.05) is 5.32 Å². The number of aromatic nitrogens is 2. The van der Waals surface area contributed by atoms with E-state index in [2.05, 4.69) is 31.2 Å². The van der Waals surface area contributed by atoms with Gasteiger partial charge in [-0.2, -0.15) is 0 Å². The number of halogens is 3. The molecule has 0 aliphatic rings. The van der Waals surface area contributed by atoms with Gasteiger partial charge in [0, 0.05) is 18.5 Å². The van der Waals surface area contributed by atoms with E-state index in [0.717, 1.165) is 12.1 Å². The highest BCUT2D eigenvalue weighted by molar-refractivity contribution is 9.10. The number of anilines is 1. The maximum Gasteiger partial charge on any atom is 0.147 e. The molecule has 2 rings (SSSR count). The fourth-order valence-corrected chi connectivity index (χ4v) is 1.79. The molecule has 1 aromatic heterocycles. The summed E-state index contributed by atoms with van der Waals surface area (Å²) < 4.78 is 27.0. The van der Waals surface area contributed by atoms with Gasteiger partial charge in [0.1, 0.15) is 11.6 Å². The third kappa shape index (κ3) is 2.81. The van der Waals surface area contributed by atoms with Crippen molar-refractivity contribution in [3.05, 3.63) is 52.5 Å². The highest BCUT2D eigenvalue weighted by Gasteiger charge is 2.12. The van der Waals surface area contributed by atoms with E-state index in [4.69, 9.17) is 0 Å². The third-order valence-corrected chi connectivity index (χ3v) is 3.02. The molecule has 0 saturated carbocycles. The molecular weight excluding hydrogens is 304 g/mol. The van der Waals surface area contributed by atoms with Gasteiger partial charge in [0.2, 0.25) is 0 Å². The molecule has 18 heavy (non-hydrogen) atoms. The minimum absolute atomic E-state index is 0.0915. The van der Waals surface area contributed by atoms with E-state index in [0.29, 0.717) is 5.69 Å². The topological polar surface area (TPSA) is 37.8 Å². The molecule has 6 heteroatoms. The van der Waals surface area contributed by atoms with Gasteiger partial charge >= 0.3 is 0 Å². The molecule has 2 aromatic rings. The van der Waals surface area contributed by atoms with E-state index in [1.807, 2.05) is 0 Å². The zero-order chi connectivity index (χ0) is 13.1. The monoisotopic (exact) mass is 313 g/mol. The zero-order valence-electron chi connectivity index (χ0n) is 9.49. The first-order chi connectivity index (χ1) is 8.58. The fraction of sp³-hybridized carbons (Fsp3) is 0.167. The lowest BCUT2D eigenvalue weighted by atomic mass is 10.2. The van der Waals surface area contributed by atoms with Gasteiger partial charge in [-0.05, 0) is 28.9 Å². The van der Waals surface area contributed by atoms with Crippen molar-refractivity contribution in [3.8, 4) is 0 Å². The molecular formula is C12H10BrF2N3. The molecule has 1 heterocycles. The number of hydrogen-bond acceptors (Lipinski definition) is 3. The van der Waals surface area contributed by atoms with Gasteiger partial charge in [-0.3, -0.25) is 9.97 Å². The first kappa shape index (κ1) is 12.9. The average Bonchev–Trinajstić information content (AvgIpc) is 2.37. The normalized spacial score (nSPS) is 12.2. The van der Waals surface area contributed by atoms with Crippen LogP contribution >= 0.6 is 15.9 Å². The summed E-state index contributed by atoms with van der Waals surface area (Å²) in [6, 6.07) is 1.92. The standard InChI is InChI=1S/C12H10BrF2N3/c1-7(12-6-16-2-3-17-12)18-11-5-9(14)8(13)4-10(11)15/h2-7,18H,1H3. The van der Waals surface area contributed by atoms with Crippen LogP contribution in [0.1, 0.15) is 18.7 Å². The molecule has 1 atom stereocenters. The van der Waals surface area contributed by atoms with E-state index in [1.54, 1.807) is 25.5 Å². The van der Waals surface area contributed by atoms with Gasteiger partial charge in [-0.15, -0.1) is 0 Å². The fourth-order valence-electron chi connectivity index (χ4n) is 1.47. The van der Waals surface area contributed by atoms with Gasteiger partial charge in [0.05, 0.1) is 28.1 Å². The van der Waals surface area contributed by atoms with Gasteiger partial charge in [-0.25, -0.2) is 8.78 Å². The van der Waals surface area contributed by atoms with Crippen LogP contribution in [0.25, 0.3) is 0 Å². The lowest BCUT2D eigenvalue weighted by Gasteiger charge is -2.15. The van der Waals surface area contributed by atoms with E-state index >= 15 is 0 Å². The Kier molecular flexibility index (Phi) is 3.86. The summed E-state index contributed by atoms with van der Waals surface area (Å²) in [5, 5.41) is 2.86. The minimum Gasteiger partial charge on any atom is -0.374 e. The van der Waals surface area contributed by atoms with E-state index in [1.165, 1.54) is 0 Å². The summed E-state index contributed by atoms with van der Waals surface area (Å²) in [5.74, 6) is -1.05. The van der Waals surface area contributed by atoms with Crippen LogP contribution in [0.5, 0.6) is 0 Å². The quantitative estimate of drug-likeness (QED) is 0.878. The lowest BCUT2D eigenvalue weighted by Crippen LogP contribution is -2.10. The number of nitrogens with zero attached hydrogens (tertiary/aromatic N) is 2. The van der Waals surface area contributed by atoms with Crippen LogP contribution in [0.15, 0.2) is 35.2 Å². The highest BCUT2D eigenvalue weighted by atomic mass is 79.9. The molecule has 0 saturated heterocycles. The smallest absolute Gasteiger partial charge is 0.147 e. The molecule has 94 valence electrons. The largest absolute Gasteiger partial charge is 0.374 e. The molecule has 3 nitrogen and oxygen atoms in total. The second-order valence-electron chi connectivity index (χ2n) is 3.74. The van der Waals surface area contributed by atoms with Crippen molar-refractivity contribution in [1.29, 1.82) is 0 Å². The predicted octanol–water partition coefficient (Wildman–Crippen LogP) is 3.69. The summed E-state index contributed by atoms with van der Waals surface area (Å²) in [6.07, 6.45) is 4.67. The second kappa shape index (κ2) is 5.39. The molecule has 0 radical (unpaired) electrons. The van der Waals surface area contributed by atoms with Crippen molar-refractivity contribution < 1.29 is 8.78 Å². The number of hydrogen-bond donors (Lipinski definition) is 1. The molecule has 1 unspecified atom stereocenters. The van der Waals surface area contributed by atoms with E-state index < -0.39 is 11.6 Å². The Labute approximate surface area is 111 Å². The van der Waals surface area contributed by atoms with Gasteiger partial charge < -0.3 is 5.32 Å². The van der Waals surface area contributed by atoms with Crippen LogP contribution in [0, 0.1) is 11.6 Å². The number of nitrogens with one attached hydrogen (secondary N) is 1. The van der Waals surface area contributed by atoms with Crippen LogP contribution in [0.4, 0.5) is 14.5 Å². The predicted molar refractivity (Wildman–Crippen MR) is 68.1 cm³/mol. The highest BCUT2D eigenvalue weighted by Crippen LogP contribution is 2.26. The second-order valence-corrected chi connectivity index (χ2v) is 4.60. The van der Waals surface area contributed by atoms with Gasteiger partial charge in [0.15, 0.2) is 0 Å². The number of benzene rings is 1. The Morgan fingerprint density at radius 2 is 2.00 bits per heavy atom. The Bertz CT molecular complexity index is 549. The van der Waals surface area contributed by atoms with Crippen LogP contribution in [-0.4, -0.2) is 9.97 Å². The first-order valence-corrected chi connectivity index (χ1v) is 6.04. The Balaban J connectivity index is 2.22. The molecule has 0 fully saturated rings. The van der Waals surface area contributed by atoms with Crippen molar-refractivity contribution in [2.24, 2.45) is 0 Å². The van der Waals surface area contributed by atoms with Crippen molar-refractivity contribution in [1.82, 2.24) is 9.97 Å². The van der Waals surface area contributed by atoms with Crippen LogP contribution < -0.4 is 5.32 Å². The Morgan fingerprint density at radius 3 is 2.67 bits per heavy atom. The van der Waals surface area contributed by atoms with Crippen molar-refractivity contribution in [2.45, 2.75) is 13.0 Å². The molecule has 0 bridgehead atoms. The average molecular weight is 314 g/mol. The Morgan fingerprint density at radius 1 is 1.22 bits per heavy atom. The van der Waals surface area contributed by atoms with Gasteiger partial charge in [0.25, 0.3) is 0 Å². The summed E-state index contributed by atoms with van der Waals surface area (Å²) >= 11 is 2.93. The zero-order valence-corrected chi connectivity index (χ0v) is 11.1. The molecule has 0 aliphatic heterocycles. The Hall–Kier alpha value is -1.56. The van der Waals surface area contributed by atoms with Gasteiger partial charge in [-0.1, -0.05) is 0 Å².